The lowest BCUT2D eigenvalue weighted by Crippen LogP contribution is -2.52. The number of hydrogen-bond donors (Lipinski definition) is 7. The van der Waals surface area contributed by atoms with Crippen LogP contribution in [0.25, 0.3) is 0 Å². The van der Waals surface area contributed by atoms with Crippen LogP contribution in [-0.4, -0.2) is 79.3 Å². The zero-order valence-electron chi connectivity index (χ0n) is 12.7. The van der Waals surface area contributed by atoms with Crippen LogP contribution in [0.2, 0.25) is 0 Å². The molecule has 0 heterocycles. The third-order valence-corrected chi connectivity index (χ3v) is 3.49. The summed E-state index contributed by atoms with van der Waals surface area (Å²) < 4.78 is 0. The number of rotatable bonds is 9. The Morgan fingerprint density at radius 2 is 1.50 bits per heavy atom. The van der Waals surface area contributed by atoms with Crippen molar-refractivity contribution in [3.8, 4) is 5.75 Å². The van der Waals surface area contributed by atoms with Gasteiger partial charge >= 0.3 is 0 Å². The number of phenols is 1. The SMILES string of the molecule is N[C@@H](Cc1ccc(O)cc1)C(=O)C(=O)[C@H](O)[C@@H](O)[C@H](O)[C@H](O)CO. The van der Waals surface area contributed by atoms with Crippen LogP contribution in [0.15, 0.2) is 24.3 Å². The summed E-state index contributed by atoms with van der Waals surface area (Å²) in [5.41, 5.74) is 6.17. The zero-order valence-corrected chi connectivity index (χ0v) is 12.7. The summed E-state index contributed by atoms with van der Waals surface area (Å²) in [5, 5.41) is 55.7. The lowest BCUT2D eigenvalue weighted by Gasteiger charge is -2.25. The summed E-state index contributed by atoms with van der Waals surface area (Å²) in [6, 6.07) is 4.45. The highest BCUT2D eigenvalue weighted by Gasteiger charge is 2.38. The van der Waals surface area contributed by atoms with Gasteiger partial charge in [-0.3, -0.25) is 9.59 Å². The third kappa shape index (κ3) is 5.06. The average molecular weight is 343 g/mol. The second-order valence-corrected chi connectivity index (χ2v) is 5.38. The molecule has 0 aliphatic carbocycles. The van der Waals surface area contributed by atoms with Gasteiger partial charge in [-0.15, -0.1) is 0 Å². The molecule has 0 spiro atoms. The average Bonchev–Trinajstić information content (AvgIpc) is 2.59. The molecule has 0 saturated carbocycles. The number of hydrogen-bond acceptors (Lipinski definition) is 9. The van der Waals surface area contributed by atoms with Crippen LogP contribution in [0.5, 0.6) is 5.75 Å². The Morgan fingerprint density at radius 1 is 0.958 bits per heavy atom. The van der Waals surface area contributed by atoms with Gasteiger partial charge in [-0.05, 0) is 24.1 Å². The smallest absolute Gasteiger partial charge is 0.231 e. The molecular weight excluding hydrogens is 322 g/mol. The van der Waals surface area contributed by atoms with E-state index < -0.39 is 48.6 Å². The van der Waals surface area contributed by atoms with Crippen molar-refractivity contribution in [3.63, 3.8) is 0 Å². The van der Waals surface area contributed by atoms with Crippen LogP contribution in [0, 0.1) is 0 Å². The molecule has 0 saturated heterocycles. The minimum atomic E-state index is -2.29. The van der Waals surface area contributed by atoms with Gasteiger partial charge in [0.1, 0.15) is 30.2 Å². The summed E-state index contributed by atoms with van der Waals surface area (Å²) in [5.74, 6) is -2.57. The Balaban J connectivity index is 2.71. The molecule has 1 aromatic rings. The number of carbonyl (C=O) groups excluding carboxylic acids is 2. The van der Waals surface area contributed by atoms with E-state index in [0.717, 1.165) is 0 Å². The molecule has 1 rings (SSSR count). The highest BCUT2D eigenvalue weighted by Crippen LogP contribution is 2.12. The monoisotopic (exact) mass is 343 g/mol. The van der Waals surface area contributed by atoms with Crippen molar-refractivity contribution in [2.24, 2.45) is 5.73 Å². The highest BCUT2D eigenvalue weighted by molar-refractivity contribution is 6.40. The van der Waals surface area contributed by atoms with Crippen LogP contribution >= 0.6 is 0 Å². The number of aliphatic hydroxyl groups is 5. The number of nitrogens with two attached hydrogens (primary N) is 1. The summed E-state index contributed by atoms with van der Waals surface area (Å²) in [6.45, 7) is -0.909. The van der Waals surface area contributed by atoms with E-state index in [9.17, 15) is 30.0 Å². The molecule has 5 atom stereocenters. The summed E-state index contributed by atoms with van der Waals surface area (Å²) >= 11 is 0. The van der Waals surface area contributed by atoms with Gasteiger partial charge in [0.05, 0.1) is 12.6 Å². The molecule has 0 fully saturated rings. The lowest BCUT2D eigenvalue weighted by molar-refractivity contribution is -0.154. The number of phenolic OH excluding ortho intramolecular Hbond substituents is 1. The first-order chi connectivity index (χ1) is 11.2. The largest absolute Gasteiger partial charge is 0.508 e. The Bertz CT molecular complexity index is 561. The maximum Gasteiger partial charge on any atom is 0.231 e. The predicted molar refractivity (Wildman–Crippen MR) is 80.9 cm³/mol. The van der Waals surface area contributed by atoms with E-state index in [4.69, 9.17) is 15.9 Å². The number of aliphatic hydroxyl groups excluding tert-OH is 5. The number of aromatic hydroxyl groups is 1. The number of Topliss-reactive ketones (excluding diaryl/α,β-unsaturated/α-hetero) is 2. The molecule has 0 amide bonds. The molecule has 0 aliphatic heterocycles. The van der Waals surface area contributed by atoms with Crippen molar-refractivity contribution >= 4 is 11.6 Å². The van der Waals surface area contributed by atoms with Crippen LogP contribution in [-0.2, 0) is 16.0 Å². The molecule has 0 aromatic heterocycles. The van der Waals surface area contributed by atoms with Gasteiger partial charge in [0, 0.05) is 0 Å². The van der Waals surface area contributed by atoms with Gasteiger partial charge in [-0.1, -0.05) is 12.1 Å². The number of carbonyl (C=O) groups is 2. The van der Waals surface area contributed by atoms with Crippen molar-refractivity contribution in [3.05, 3.63) is 29.8 Å². The number of ketones is 2. The zero-order chi connectivity index (χ0) is 18.4. The fourth-order valence-electron chi connectivity index (χ4n) is 1.98. The van der Waals surface area contributed by atoms with Crippen molar-refractivity contribution < 1.29 is 40.2 Å². The highest BCUT2D eigenvalue weighted by atomic mass is 16.4. The fourth-order valence-corrected chi connectivity index (χ4v) is 1.98. The molecular formula is C15H21NO8. The van der Waals surface area contributed by atoms with Crippen molar-refractivity contribution in [1.29, 1.82) is 0 Å². The van der Waals surface area contributed by atoms with Crippen LogP contribution in [0.4, 0.5) is 0 Å². The van der Waals surface area contributed by atoms with Gasteiger partial charge in [0.2, 0.25) is 11.6 Å². The molecule has 8 N–H and O–H groups in total. The van der Waals surface area contributed by atoms with Crippen LogP contribution < -0.4 is 5.73 Å². The maximum absolute atomic E-state index is 11.9. The van der Waals surface area contributed by atoms with Gasteiger partial charge in [-0.2, -0.15) is 0 Å². The topological polar surface area (TPSA) is 182 Å². The molecule has 0 unspecified atom stereocenters. The maximum atomic E-state index is 11.9. The number of benzene rings is 1. The second kappa shape index (κ2) is 8.83. The van der Waals surface area contributed by atoms with Crippen molar-refractivity contribution in [2.75, 3.05) is 6.61 Å². The Morgan fingerprint density at radius 3 is 2.00 bits per heavy atom. The summed E-state index contributed by atoms with van der Waals surface area (Å²) in [4.78, 5) is 23.8. The molecule has 24 heavy (non-hydrogen) atoms. The third-order valence-electron chi connectivity index (χ3n) is 3.49. The van der Waals surface area contributed by atoms with Gasteiger partial charge < -0.3 is 36.4 Å². The summed E-state index contributed by atoms with van der Waals surface area (Å²) in [7, 11) is 0. The molecule has 0 bridgehead atoms. The minimum Gasteiger partial charge on any atom is -0.508 e. The van der Waals surface area contributed by atoms with E-state index in [0.29, 0.717) is 5.56 Å². The van der Waals surface area contributed by atoms with Crippen LogP contribution in [0.3, 0.4) is 0 Å². The van der Waals surface area contributed by atoms with E-state index in [-0.39, 0.29) is 12.2 Å². The normalized spacial score (nSPS) is 17.6. The Hall–Kier alpha value is -1.88. The fraction of sp³-hybridized carbons (Fsp3) is 0.467. The van der Waals surface area contributed by atoms with E-state index in [1.165, 1.54) is 24.3 Å². The van der Waals surface area contributed by atoms with E-state index in [1.807, 2.05) is 0 Å². The summed E-state index contributed by atoms with van der Waals surface area (Å²) in [6.07, 6.45) is -8.31. The molecule has 1 aromatic carbocycles. The van der Waals surface area contributed by atoms with Gasteiger partial charge in [0.25, 0.3) is 0 Å². The first-order valence-electron chi connectivity index (χ1n) is 7.13. The lowest BCUT2D eigenvalue weighted by atomic mass is 9.94. The first-order valence-corrected chi connectivity index (χ1v) is 7.13. The standard InChI is InChI=1S/C15H21NO8/c16-9(5-7-1-3-8(18)4-2-7)11(20)13(22)15(24)14(23)12(21)10(19)6-17/h1-4,9-10,12,14-15,17-19,21,23-24H,5-6,16H2/t9-,10+,12+,14-,15-/m0/s1. The molecule has 0 aliphatic rings. The predicted octanol–water partition coefficient (Wildman–Crippen LogP) is -3.16. The quantitative estimate of drug-likeness (QED) is 0.227. The minimum absolute atomic E-state index is 0.0182. The van der Waals surface area contributed by atoms with Gasteiger partial charge in [-0.25, -0.2) is 0 Å². The Labute approximate surface area is 137 Å². The molecule has 134 valence electrons. The van der Waals surface area contributed by atoms with Crippen molar-refractivity contribution in [1.82, 2.24) is 0 Å². The molecule has 0 radical (unpaired) electrons. The van der Waals surface area contributed by atoms with E-state index in [1.54, 1.807) is 0 Å². The second-order valence-electron chi connectivity index (χ2n) is 5.38. The van der Waals surface area contributed by atoms with Crippen molar-refractivity contribution in [2.45, 2.75) is 36.9 Å². The van der Waals surface area contributed by atoms with Crippen LogP contribution in [0.1, 0.15) is 5.56 Å². The molecule has 9 nitrogen and oxygen atoms in total. The molecule has 9 heteroatoms. The van der Waals surface area contributed by atoms with E-state index >= 15 is 0 Å². The van der Waals surface area contributed by atoms with Gasteiger partial charge in [0.15, 0.2) is 0 Å². The Kier molecular flexibility index (Phi) is 7.42. The van der Waals surface area contributed by atoms with E-state index in [2.05, 4.69) is 0 Å². The first kappa shape index (κ1) is 20.2.